The Bertz CT molecular complexity index is 693. The number of nitrogens with zero attached hydrogens (tertiary/aromatic N) is 2. The van der Waals surface area contributed by atoms with E-state index in [2.05, 4.69) is 10.2 Å². The first-order chi connectivity index (χ1) is 13.7. The number of hydrogen-bond donors (Lipinski definition) is 2. The molecule has 0 aromatic heterocycles. The van der Waals surface area contributed by atoms with Gasteiger partial charge in [-0.05, 0) is 51.4 Å². The van der Waals surface area contributed by atoms with Gasteiger partial charge in [0.2, 0.25) is 5.91 Å². The van der Waals surface area contributed by atoms with Gasteiger partial charge in [0.25, 0.3) is 0 Å². The summed E-state index contributed by atoms with van der Waals surface area (Å²) in [5.41, 5.74) is 0.133. The molecule has 0 saturated carbocycles. The summed E-state index contributed by atoms with van der Waals surface area (Å²) in [6, 6.07) is 5.59. The van der Waals surface area contributed by atoms with E-state index in [1.807, 2.05) is 0 Å². The Labute approximate surface area is 167 Å². The molecule has 9 heteroatoms. The van der Waals surface area contributed by atoms with Gasteiger partial charge >= 0.3 is 6.18 Å². The summed E-state index contributed by atoms with van der Waals surface area (Å²) in [5.74, 6) is -0.752. The maximum Gasteiger partial charge on any atom is 0.401 e. The van der Waals surface area contributed by atoms with Gasteiger partial charge in [0.1, 0.15) is 5.82 Å². The van der Waals surface area contributed by atoms with E-state index >= 15 is 0 Å². The average Bonchev–Trinajstić information content (AvgIpc) is 3.15. The molecule has 5 nitrogen and oxygen atoms in total. The van der Waals surface area contributed by atoms with Crippen molar-refractivity contribution in [2.75, 3.05) is 32.7 Å². The van der Waals surface area contributed by atoms with E-state index in [0.717, 1.165) is 13.0 Å². The molecule has 2 aliphatic rings. The fourth-order valence-electron chi connectivity index (χ4n) is 4.34. The molecule has 162 valence electrons. The van der Waals surface area contributed by atoms with Crippen LogP contribution in [0.25, 0.3) is 0 Å². The summed E-state index contributed by atoms with van der Waals surface area (Å²) in [4.78, 5) is 16.1. The number of carbonyl (C=O) groups is 1. The van der Waals surface area contributed by atoms with Crippen molar-refractivity contribution in [3.63, 3.8) is 0 Å². The zero-order valence-electron chi connectivity index (χ0n) is 16.2. The van der Waals surface area contributed by atoms with Crippen LogP contribution in [0.3, 0.4) is 0 Å². The third kappa shape index (κ3) is 5.90. The molecule has 0 radical (unpaired) electrons. The highest BCUT2D eigenvalue weighted by Crippen LogP contribution is 2.28. The van der Waals surface area contributed by atoms with E-state index < -0.39 is 24.6 Å². The van der Waals surface area contributed by atoms with Gasteiger partial charge in [-0.15, -0.1) is 0 Å². The largest absolute Gasteiger partial charge is 0.401 e. The number of amides is 1. The van der Waals surface area contributed by atoms with Crippen LogP contribution in [0.15, 0.2) is 24.3 Å². The SMILES string of the molecule is O=C(NC[C@H](O)c1ccccc1F)[C@@H]1CCCN1C1CCN(CC(F)(F)F)CC1. The highest BCUT2D eigenvalue weighted by Gasteiger charge is 2.38. The Kier molecular flexibility index (Phi) is 7.13. The van der Waals surface area contributed by atoms with Crippen molar-refractivity contribution >= 4 is 5.91 Å². The van der Waals surface area contributed by atoms with Gasteiger partial charge in [-0.3, -0.25) is 14.6 Å². The summed E-state index contributed by atoms with van der Waals surface area (Å²) >= 11 is 0. The molecule has 2 saturated heterocycles. The van der Waals surface area contributed by atoms with Crippen LogP contribution >= 0.6 is 0 Å². The number of benzene rings is 1. The van der Waals surface area contributed by atoms with Crippen molar-refractivity contribution in [3.8, 4) is 0 Å². The van der Waals surface area contributed by atoms with E-state index in [4.69, 9.17) is 0 Å². The molecular formula is C20H27F4N3O2. The summed E-state index contributed by atoms with van der Waals surface area (Å²) in [7, 11) is 0. The number of nitrogens with one attached hydrogen (secondary N) is 1. The van der Waals surface area contributed by atoms with Gasteiger partial charge in [-0.25, -0.2) is 4.39 Å². The second-order valence-electron chi connectivity index (χ2n) is 7.80. The van der Waals surface area contributed by atoms with Crippen molar-refractivity contribution in [1.29, 1.82) is 0 Å². The topological polar surface area (TPSA) is 55.8 Å². The first kappa shape index (κ1) is 22.0. The fourth-order valence-corrected chi connectivity index (χ4v) is 4.34. The number of hydrogen-bond acceptors (Lipinski definition) is 4. The summed E-state index contributed by atoms with van der Waals surface area (Å²) < 4.78 is 51.4. The molecule has 3 rings (SSSR count). The lowest BCUT2D eigenvalue weighted by atomic mass is 10.0. The van der Waals surface area contributed by atoms with Crippen molar-refractivity contribution in [3.05, 3.63) is 35.6 Å². The molecule has 0 bridgehead atoms. The highest BCUT2D eigenvalue weighted by molar-refractivity contribution is 5.82. The van der Waals surface area contributed by atoms with Crippen LogP contribution in [0.4, 0.5) is 17.6 Å². The smallest absolute Gasteiger partial charge is 0.386 e. The number of rotatable bonds is 6. The fraction of sp³-hybridized carbons (Fsp3) is 0.650. The number of carbonyl (C=O) groups excluding carboxylic acids is 1. The zero-order valence-corrected chi connectivity index (χ0v) is 16.2. The summed E-state index contributed by atoms with van der Waals surface area (Å²) in [6.45, 7) is 0.478. The number of aliphatic hydroxyl groups is 1. The molecule has 2 atom stereocenters. The van der Waals surface area contributed by atoms with Crippen molar-refractivity contribution in [2.24, 2.45) is 0 Å². The Morgan fingerprint density at radius 1 is 1.17 bits per heavy atom. The van der Waals surface area contributed by atoms with Crippen LogP contribution in [0.2, 0.25) is 0 Å². The molecule has 1 aromatic carbocycles. The Morgan fingerprint density at radius 3 is 2.52 bits per heavy atom. The van der Waals surface area contributed by atoms with Gasteiger partial charge < -0.3 is 10.4 Å². The van der Waals surface area contributed by atoms with E-state index in [0.29, 0.717) is 32.4 Å². The quantitative estimate of drug-likeness (QED) is 0.699. The standard InChI is InChI=1S/C20H27F4N3O2/c21-16-5-2-1-4-15(16)18(28)12-25-19(29)17-6-3-9-27(17)14-7-10-26(11-8-14)13-20(22,23)24/h1-2,4-5,14,17-18,28H,3,6-13H2,(H,25,29)/t17-,18-/m0/s1. The van der Waals surface area contributed by atoms with Gasteiger partial charge in [-0.2, -0.15) is 13.2 Å². The summed E-state index contributed by atoms with van der Waals surface area (Å²) in [6.07, 6.45) is -2.63. The molecule has 2 aliphatic heterocycles. The Balaban J connectivity index is 1.50. The lowest BCUT2D eigenvalue weighted by Crippen LogP contribution is -2.52. The molecule has 29 heavy (non-hydrogen) atoms. The van der Waals surface area contributed by atoms with Gasteiger partial charge in [0.15, 0.2) is 0 Å². The molecule has 1 amide bonds. The predicted molar refractivity (Wildman–Crippen MR) is 99.6 cm³/mol. The molecule has 2 N–H and O–H groups in total. The van der Waals surface area contributed by atoms with Gasteiger partial charge in [-0.1, -0.05) is 18.2 Å². The van der Waals surface area contributed by atoms with Gasteiger partial charge in [0.05, 0.1) is 18.7 Å². The van der Waals surface area contributed by atoms with E-state index in [-0.39, 0.29) is 30.1 Å². The first-order valence-corrected chi connectivity index (χ1v) is 9.99. The molecule has 2 heterocycles. The monoisotopic (exact) mass is 417 g/mol. The molecule has 2 fully saturated rings. The van der Waals surface area contributed by atoms with Crippen molar-refractivity contribution in [1.82, 2.24) is 15.1 Å². The minimum atomic E-state index is -4.19. The molecule has 1 aromatic rings. The predicted octanol–water partition coefficient (Wildman–Crippen LogP) is 2.47. The second-order valence-corrected chi connectivity index (χ2v) is 7.80. The van der Waals surface area contributed by atoms with Crippen molar-refractivity contribution in [2.45, 2.75) is 50.0 Å². The summed E-state index contributed by atoms with van der Waals surface area (Å²) in [5, 5.41) is 12.9. The maximum atomic E-state index is 13.7. The van der Waals surface area contributed by atoms with E-state index in [1.165, 1.54) is 23.1 Å². The Hall–Kier alpha value is -1.71. The van der Waals surface area contributed by atoms with Crippen LogP contribution in [-0.2, 0) is 4.79 Å². The van der Waals surface area contributed by atoms with E-state index in [9.17, 15) is 27.5 Å². The van der Waals surface area contributed by atoms with Crippen LogP contribution in [0.1, 0.15) is 37.4 Å². The average molecular weight is 417 g/mol. The first-order valence-electron chi connectivity index (χ1n) is 9.99. The second kappa shape index (κ2) is 9.40. The minimum absolute atomic E-state index is 0.0780. The number of halogens is 4. The zero-order chi connectivity index (χ0) is 21.0. The third-order valence-electron chi connectivity index (χ3n) is 5.76. The minimum Gasteiger partial charge on any atom is -0.386 e. The molecule has 0 unspecified atom stereocenters. The van der Waals surface area contributed by atoms with Gasteiger partial charge in [0, 0.05) is 18.2 Å². The maximum absolute atomic E-state index is 13.7. The number of likely N-dealkylation sites (tertiary alicyclic amines) is 2. The highest BCUT2D eigenvalue weighted by atomic mass is 19.4. The van der Waals surface area contributed by atoms with Crippen LogP contribution in [0.5, 0.6) is 0 Å². The molecule has 0 aliphatic carbocycles. The lowest BCUT2D eigenvalue weighted by molar-refractivity contribution is -0.149. The molecular weight excluding hydrogens is 390 g/mol. The van der Waals surface area contributed by atoms with Crippen LogP contribution in [0, 0.1) is 5.82 Å². The Morgan fingerprint density at radius 2 is 1.86 bits per heavy atom. The van der Waals surface area contributed by atoms with Crippen molar-refractivity contribution < 1.29 is 27.5 Å². The number of aliphatic hydroxyl groups excluding tert-OH is 1. The van der Waals surface area contributed by atoms with E-state index in [1.54, 1.807) is 6.07 Å². The number of piperidine rings is 1. The third-order valence-corrected chi connectivity index (χ3v) is 5.76. The number of alkyl halides is 3. The normalized spacial score (nSPS) is 23.3. The lowest BCUT2D eigenvalue weighted by Gasteiger charge is -2.39. The van der Waals surface area contributed by atoms with Crippen LogP contribution < -0.4 is 5.32 Å². The molecule has 0 spiro atoms. The van der Waals surface area contributed by atoms with Crippen LogP contribution in [-0.4, -0.2) is 71.8 Å².